The lowest BCUT2D eigenvalue weighted by molar-refractivity contribution is -0.142. The molecule has 0 saturated carbocycles. The molecule has 5 nitrogen and oxygen atoms in total. The summed E-state index contributed by atoms with van der Waals surface area (Å²) in [4.78, 5) is 11.2. The van der Waals surface area contributed by atoms with Gasteiger partial charge in [0, 0.05) is 12.1 Å². The van der Waals surface area contributed by atoms with Gasteiger partial charge in [0.2, 0.25) is 10.0 Å². The van der Waals surface area contributed by atoms with E-state index in [1.54, 1.807) is 18.2 Å². The number of rotatable bonds is 5. The van der Waals surface area contributed by atoms with Crippen molar-refractivity contribution in [3.8, 4) is 0 Å². The van der Waals surface area contributed by atoms with Gasteiger partial charge in [-0.1, -0.05) is 18.2 Å². The van der Waals surface area contributed by atoms with Crippen LogP contribution in [-0.2, 0) is 21.2 Å². The monoisotopic (exact) mass is 327 g/mol. The molecule has 0 spiro atoms. The third-order valence-electron chi connectivity index (χ3n) is 4.70. The van der Waals surface area contributed by atoms with E-state index in [-0.39, 0.29) is 18.2 Å². The van der Waals surface area contributed by atoms with Crippen LogP contribution in [0.4, 0.5) is 4.39 Å². The first-order valence-electron chi connectivity index (χ1n) is 7.37. The summed E-state index contributed by atoms with van der Waals surface area (Å²) < 4.78 is 40.1. The minimum atomic E-state index is -3.57. The lowest BCUT2D eigenvalue weighted by Gasteiger charge is -2.22. The van der Waals surface area contributed by atoms with Crippen LogP contribution in [0.15, 0.2) is 24.3 Å². The van der Waals surface area contributed by atoms with Crippen LogP contribution in [0.2, 0.25) is 0 Å². The zero-order chi connectivity index (χ0) is 15.9. The number of aryl methyl sites for hydroxylation is 1. The van der Waals surface area contributed by atoms with Crippen LogP contribution in [0.25, 0.3) is 0 Å². The van der Waals surface area contributed by atoms with Gasteiger partial charge in [-0.3, -0.25) is 4.79 Å². The van der Waals surface area contributed by atoms with E-state index in [4.69, 9.17) is 0 Å². The smallest absolute Gasteiger partial charge is 0.308 e. The van der Waals surface area contributed by atoms with Crippen LogP contribution in [0, 0.1) is 11.7 Å². The Morgan fingerprint density at radius 1 is 1.32 bits per heavy atom. The molecule has 2 bridgehead atoms. The van der Waals surface area contributed by atoms with E-state index in [1.807, 2.05) is 0 Å². The fourth-order valence-electron chi connectivity index (χ4n) is 3.68. The largest absolute Gasteiger partial charge is 0.481 e. The number of carboxylic acid groups (broad SMARTS) is 1. The summed E-state index contributed by atoms with van der Waals surface area (Å²) in [6, 6.07) is 5.46. The molecule has 1 aromatic carbocycles. The summed E-state index contributed by atoms with van der Waals surface area (Å²) in [5.41, 5.74) is 0.368. The molecule has 1 N–H and O–H groups in total. The maximum Gasteiger partial charge on any atom is 0.308 e. The van der Waals surface area contributed by atoms with Gasteiger partial charge >= 0.3 is 5.97 Å². The third kappa shape index (κ3) is 2.63. The minimum Gasteiger partial charge on any atom is -0.481 e. The van der Waals surface area contributed by atoms with E-state index in [9.17, 15) is 22.7 Å². The van der Waals surface area contributed by atoms with Gasteiger partial charge < -0.3 is 5.11 Å². The molecule has 2 aliphatic rings. The molecule has 0 aliphatic carbocycles. The fraction of sp³-hybridized carbons (Fsp3) is 0.533. The van der Waals surface area contributed by atoms with Gasteiger partial charge in [-0.15, -0.1) is 0 Å². The Morgan fingerprint density at radius 2 is 2.05 bits per heavy atom. The molecule has 1 aromatic rings. The van der Waals surface area contributed by atoms with Crippen LogP contribution < -0.4 is 0 Å². The zero-order valence-corrected chi connectivity index (χ0v) is 12.8. The highest BCUT2D eigenvalue weighted by atomic mass is 32.2. The number of fused-ring (bicyclic) bond motifs is 2. The Balaban J connectivity index is 1.74. The Hall–Kier alpha value is -1.47. The van der Waals surface area contributed by atoms with Gasteiger partial charge in [-0.25, -0.2) is 12.8 Å². The summed E-state index contributed by atoms with van der Waals surface area (Å²) in [7, 11) is -3.57. The van der Waals surface area contributed by atoms with Gasteiger partial charge in [0.15, 0.2) is 0 Å². The number of aliphatic carboxylic acids is 1. The molecule has 3 rings (SSSR count). The molecular weight excluding hydrogens is 309 g/mol. The normalized spacial score (nSPS) is 28.1. The fourth-order valence-corrected chi connectivity index (χ4v) is 5.68. The van der Waals surface area contributed by atoms with Gasteiger partial charge in [0.1, 0.15) is 5.82 Å². The van der Waals surface area contributed by atoms with Crippen molar-refractivity contribution in [1.29, 1.82) is 0 Å². The highest BCUT2D eigenvalue weighted by molar-refractivity contribution is 7.89. The summed E-state index contributed by atoms with van der Waals surface area (Å²) in [5, 5.41) is 9.19. The van der Waals surface area contributed by atoms with Crippen molar-refractivity contribution in [2.75, 3.05) is 5.75 Å². The molecule has 2 aliphatic heterocycles. The lowest BCUT2D eigenvalue weighted by atomic mass is 9.89. The third-order valence-corrected chi connectivity index (χ3v) is 6.63. The van der Waals surface area contributed by atoms with E-state index in [0.29, 0.717) is 24.8 Å². The number of sulfonamides is 1. The van der Waals surface area contributed by atoms with Crippen molar-refractivity contribution in [3.63, 3.8) is 0 Å². The number of nitrogens with zero attached hydrogens (tertiary/aromatic N) is 1. The molecule has 0 aromatic heterocycles. The van der Waals surface area contributed by atoms with Crippen LogP contribution >= 0.6 is 0 Å². The average molecular weight is 327 g/mol. The summed E-state index contributed by atoms with van der Waals surface area (Å²) in [6.07, 6.45) is 1.80. The highest BCUT2D eigenvalue weighted by Gasteiger charge is 2.53. The Morgan fingerprint density at radius 3 is 2.68 bits per heavy atom. The molecule has 120 valence electrons. The first kappa shape index (κ1) is 15.4. The minimum absolute atomic E-state index is 0.0999. The average Bonchev–Trinajstić information content (AvgIpc) is 3.05. The molecule has 22 heavy (non-hydrogen) atoms. The second kappa shape index (κ2) is 5.62. The second-order valence-electron chi connectivity index (χ2n) is 5.97. The Bertz CT molecular complexity index is 691. The van der Waals surface area contributed by atoms with Gasteiger partial charge in [0.25, 0.3) is 0 Å². The summed E-state index contributed by atoms with van der Waals surface area (Å²) >= 11 is 0. The number of carboxylic acids is 1. The SMILES string of the molecule is O=C(O)C1CC2CCC1N2S(=O)(=O)CCc1ccccc1F. The van der Waals surface area contributed by atoms with E-state index >= 15 is 0 Å². The Labute approximate surface area is 128 Å². The standard InChI is InChI=1S/C15H18FNO4S/c16-13-4-2-1-3-10(13)7-8-22(20,21)17-11-5-6-14(17)12(9-11)15(18)19/h1-4,11-12,14H,5-9H2,(H,18,19). The van der Waals surface area contributed by atoms with Gasteiger partial charge in [0.05, 0.1) is 11.7 Å². The molecular formula is C15H18FNO4S. The molecule has 2 heterocycles. The first-order valence-corrected chi connectivity index (χ1v) is 8.98. The van der Waals surface area contributed by atoms with Crippen molar-refractivity contribution >= 4 is 16.0 Å². The summed E-state index contributed by atoms with van der Waals surface area (Å²) in [5.74, 6) is -2.14. The molecule has 0 amide bonds. The van der Waals surface area contributed by atoms with Crippen LogP contribution in [0.5, 0.6) is 0 Å². The number of hydrogen-bond donors (Lipinski definition) is 1. The number of halogens is 1. The second-order valence-corrected chi connectivity index (χ2v) is 7.96. The van der Waals surface area contributed by atoms with Gasteiger partial charge in [-0.05, 0) is 37.3 Å². The predicted molar refractivity (Wildman–Crippen MR) is 78.3 cm³/mol. The maximum atomic E-state index is 13.6. The van der Waals surface area contributed by atoms with Gasteiger partial charge in [-0.2, -0.15) is 4.31 Å². The van der Waals surface area contributed by atoms with Crippen molar-refractivity contribution in [2.24, 2.45) is 5.92 Å². The molecule has 7 heteroatoms. The summed E-state index contributed by atoms with van der Waals surface area (Å²) in [6.45, 7) is 0. The topological polar surface area (TPSA) is 74.7 Å². The van der Waals surface area contributed by atoms with Crippen LogP contribution in [-0.4, -0.2) is 41.6 Å². The quantitative estimate of drug-likeness (QED) is 0.892. The lowest BCUT2D eigenvalue weighted by Crippen LogP contribution is -2.39. The van der Waals surface area contributed by atoms with E-state index in [1.165, 1.54) is 10.4 Å². The predicted octanol–water partition coefficient (Wildman–Crippen LogP) is 1.64. The van der Waals surface area contributed by atoms with E-state index in [0.717, 1.165) is 0 Å². The molecule has 3 unspecified atom stereocenters. The maximum absolute atomic E-state index is 13.6. The van der Waals surface area contributed by atoms with Crippen molar-refractivity contribution in [3.05, 3.63) is 35.6 Å². The molecule has 0 radical (unpaired) electrons. The van der Waals surface area contributed by atoms with E-state index in [2.05, 4.69) is 0 Å². The van der Waals surface area contributed by atoms with Crippen molar-refractivity contribution in [1.82, 2.24) is 4.31 Å². The molecule has 2 saturated heterocycles. The van der Waals surface area contributed by atoms with Crippen molar-refractivity contribution in [2.45, 2.75) is 37.8 Å². The number of benzene rings is 1. The Kier molecular flexibility index (Phi) is 3.94. The molecule has 2 fully saturated rings. The molecule has 3 atom stereocenters. The van der Waals surface area contributed by atoms with Crippen LogP contribution in [0.3, 0.4) is 0 Å². The van der Waals surface area contributed by atoms with E-state index < -0.39 is 33.8 Å². The highest BCUT2D eigenvalue weighted by Crippen LogP contribution is 2.43. The van der Waals surface area contributed by atoms with Crippen molar-refractivity contribution < 1.29 is 22.7 Å². The number of hydrogen-bond acceptors (Lipinski definition) is 3. The zero-order valence-electron chi connectivity index (χ0n) is 12.0. The number of carbonyl (C=O) groups is 1. The first-order chi connectivity index (χ1) is 10.4. The van der Waals surface area contributed by atoms with Crippen LogP contribution in [0.1, 0.15) is 24.8 Å².